The number of hydrogen-bond acceptors (Lipinski definition) is 6. The van der Waals surface area contributed by atoms with E-state index in [0.717, 1.165) is 35.0 Å². The number of rotatable bonds is 5. The largest absolute Gasteiger partial charge is 0.383 e. The summed E-state index contributed by atoms with van der Waals surface area (Å²) < 4.78 is 4.94. The zero-order valence-corrected chi connectivity index (χ0v) is 13.4. The van der Waals surface area contributed by atoms with Crippen LogP contribution in [0.5, 0.6) is 0 Å². The molecule has 1 aliphatic rings. The highest BCUT2D eigenvalue weighted by atomic mass is 32.1. The maximum absolute atomic E-state index is 12.1. The zero-order valence-electron chi connectivity index (χ0n) is 12.6. The maximum Gasteiger partial charge on any atom is 0.261 e. The third-order valence-electron chi connectivity index (χ3n) is 3.52. The molecule has 0 unspecified atom stereocenters. The Bertz CT molecular complexity index is 669. The minimum atomic E-state index is -0.0496. The molecule has 0 saturated carbocycles. The number of nitrogens with zero attached hydrogens (tertiary/aromatic N) is 3. The molecule has 2 aromatic rings. The van der Waals surface area contributed by atoms with Crippen LogP contribution in [-0.2, 0) is 11.2 Å². The summed E-state index contributed by atoms with van der Waals surface area (Å²) in [6.07, 6.45) is 0.931. The lowest BCUT2D eigenvalue weighted by Gasteiger charge is -2.16. The first-order valence-corrected chi connectivity index (χ1v) is 7.98. The molecule has 7 heteroatoms. The van der Waals surface area contributed by atoms with Gasteiger partial charge in [0.1, 0.15) is 0 Å². The number of fused-ring (bicyclic) bond motifs is 1. The van der Waals surface area contributed by atoms with E-state index in [1.165, 1.54) is 4.88 Å². The van der Waals surface area contributed by atoms with Crippen LogP contribution in [0, 0.1) is 6.92 Å². The molecule has 3 heterocycles. The third kappa shape index (κ3) is 2.95. The number of amides is 1. The first-order chi connectivity index (χ1) is 10.7. The van der Waals surface area contributed by atoms with Gasteiger partial charge >= 0.3 is 0 Å². The normalized spacial score (nSPS) is 13.3. The molecule has 1 amide bonds. The number of thiophene rings is 1. The summed E-state index contributed by atoms with van der Waals surface area (Å²) in [4.78, 5) is 16.2. The van der Waals surface area contributed by atoms with E-state index in [2.05, 4.69) is 20.4 Å². The first-order valence-electron chi connectivity index (χ1n) is 7.17. The number of carbonyl (C=O) groups is 1. The maximum atomic E-state index is 12.1. The van der Waals surface area contributed by atoms with Gasteiger partial charge in [0.2, 0.25) is 0 Å². The number of nitrogens with one attached hydrogen (secondary N) is 1. The molecule has 0 atom stereocenters. The Labute approximate surface area is 133 Å². The Hall–Kier alpha value is -1.99. The molecule has 0 radical (unpaired) electrons. The average Bonchev–Trinajstić information content (AvgIpc) is 3.09. The summed E-state index contributed by atoms with van der Waals surface area (Å²) in [5.41, 5.74) is 1.96. The molecule has 0 spiro atoms. The van der Waals surface area contributed by atoms with Gasteiger partial charge in [-0.15, -0.1) is 16.4 Å². The van der Waals surface area contributed by atoms with Gasteiger partial charge in [-0.2, -0.15) is 5.10 Å². The summed E-state index contributed by atoms with van der Waals surface area (Å²) in [6, 6.07) is 5.86. The van der Waals surface area contributed by atoms with E-state index < -0.39 is 0 Å². The lowest BCUT2D eigenvalue weighted by Crippen LogP contribution is -2.26. The number of hydrogen-bond donors (Lipinski definition) is 1. The van der Waals surface area contributed by atoms with Crippen LogP contribution in [0.4, 0.5) is 11.5 Å². The van der Waals surface area contributed by atoms with Crippen molar-refractivity contribution in [2.75, 3.05) is 31.7 Å². The second-order valence-electron chi connectivity index (χ2n) is 5.10. The summed E-state index contributed by atoms with van der Waals surface area (Å²) in [7, 11) is 1.62. The molecule has 1 aliphatic heterocycles. The highest BCUT2D eigenvalue weighted by Gasteiger charge is 2.26. The van der Waals surface area contributed by atoms with Crippen molar-refractivity contribution in [2.45, 2.75) is 13.3 Å². The van der Waals surface area contributed by atoms with Crippen molar-refractivity contribution in [1.82, 2.24) is 15.5 Å². The SMILES string of the molecule is COCCNC(=O)c1cc2c(s1)CCN2c1ccc(C)nn1. The number of ether oxygens (including phenoxy) is 1. The van der Waals surface area contributed by atoms with Crippen LogP contribution in [0.2, 0.25) is 0 Å². The van der Waals surface area contributed by atoms with E-state index in [9.17, 15) is 4.79 Å². The summed E-state index contributed by atoms with van der Waals surface area (Å²) in [5.74, 6) is 0.778. The van der Waals surface area contributed by atoms with Gasteiger partial charge in [0.15, 0.2) is 5.82 Å². The first kappa shape index (κ1) is 14.9. The smallest absolute Gasteiger partial charge is 0.261 e. The van der Waals surface area contributed by atoms with Crippen molar-refractivity contribution in [3.05, 3.63) is 33.6 Å². The van der Waals surface area contributed by atoms with Crippen molar-refractivity contribution in [3.63, 3.8) is 0 Å². The predicted molar refractivity (Wildman–Crippen MR) is 86.0 cm³/mol. The predicted octanol–water partition coefficient (Wildman–Crippen LogP) is 1.92. The summed E-state index contributed by atoms with van der Waals surface area (Å²) >= 11 is 1.55. The van der Waals surface area contributed by atoms with Gasteiger partial charge in [0.25, 0.3) is 5.91 Å². The van der Waals surface area contributed by atoms with Crippen LogP contribution in [-0.4, -0.2) is 42.9 Å². The average molecular weight is 318 g/mol. The highest BCUT2D eigenvalue weighted by Crippen LogP contribution is 2.39. The van der Waals surface area contributed by atoms with Crippen molar-refractivity contribution in [3.8, 4) is 0 Å². The minimum absolute atomic E-state index is 0.0496. The van der Waals surface area contributed by atoms with Crippen LogP contribution in [0.1, 0.15) is 20.2 Å². The molecule has 0 aliphatic carbocycles. The Kier molecular flexibility index (Phi) is 4.35. The van der Waals surface area contributed by atoms with Crippen LogP contribution < -0.4 is 10.2 Å². The monoisotopic (exact) mass is 318 g/mol. The zero-order chi connectivity index (χ0) is 15.5. The second-order valence-corrected chi connectivity index (χ2v) is 6.24. The lowest BCUT2D eigenvalue weighted by molar-refractivity contribution is 0.0941. The van der Waals surface area contributed by atoms with Crippen LogP contribution >= 0.6 is 11.3 Å². The lowest BCUT2D eigenvalue weighted by atomic mass is 10.3. The molecule has 116 valence electrons. The fourth-order valence-electron chi connectivity index (χ4n) is 2.40. The van der Waals surface area contributed by atoms with Gasteiger partial charge in [-0.3, -0.25) is 4.79 Å². The van der Waals surface area contributed by atoms with Crippen molar-refractivity contribution < 1.29 is 9.53 Å². The number of methoxy groups -OCH3 is 1. The Morgan fingerprint density at radius 2 is 2.32 bits per heavy atom. The number of aromatic nitrogens is 2. The second kappa shape index (κ2) is 6.41. The van der Waals surface area contributed by atoms with Crippen molar-refractivity contribution in [2.24, 2.45) is 0 Å². The fraction of sp³-hybridized carbons (Fsp3) is 0.400. The van der Waals surface area contributed by atoms with Gasteiger partial charge in [-0.25, -0.2) is 0 Å². The molecule has 0 aromatic carbocycles. The van der Waals surface area contributed by atoms with Gasteiger partial charge in [0, 0.05) is 31.5 Å². The Balaban J connectivity index is 1.77. The van der Waals surface area contributed by atoms with Crippen LogP contribution in [0.25, 0.3) is 0 Å². The molecule has 0 saturated heterocycles. The van der Waals surface area contributed by atoms with E-state index in [4.69, 9.17) is 4.74 Å². The van der Waals surface area contributed by atoms with Crippen LogP contribution in [0.3, 0.4) is 0 Å². The third-order valence-corrected chi connectivity index (χ3v) is 4.70. The van der Waals surface area contributed by atoms with Gasteiger partial charge in [-0.05, 0) is 25.1 Å². The number of carbonyl (C=O) groups excluding carboxylic acids is 1. The number of anilines is 2. The quantitative estimate of drug-likeness (QED) is 0.853. The van der Waals surface area contributed by atoms with Gasteiger partial charge < -0.3 is 15.0 Å². The Morgan fingerprint density at radius 3 is 3.05 bits per heavy atom. The fourth-order valence-corrected chi connectivity index (χ4v) is 3.47. The molecular formula is C15H18N4O2S. The van der Waals surface area contributed by atoms with Crippen LogP contribution in [0.15, 0.2) is 18.2 Å². The molecule has 6 nitrogen and oxygen atoms in total. The van der Waals surface area contributed by atoms with E-state index >= 15 is 0 Å². The summed E-state index contributed by atoms with van der Waals surface area (Å²) in [6.45, 7) is 3.83. The number of aryl methyl sites for hydroxylation is 1. The molecular weight excluding hydrogens is 300 g/mol. The van der Waals surface area contributed by atoms with Gasteiger partial charge in [-0.1, -0.05) is 0 Å². The van der Waals surface area contributed by atoms with E-state index in [1.807, 2.05) is 25.1 Å². The highest BCUT2D eigenvalue weighted by molar-refractivity contribution is 7.14. The molecule has 0 fully saturated rings. The molecule has 22 heavy (non-hydrogen) atoms. The standard InChI is InChI=1S/C15H18N4O2S/c1-10-3-4-14(18-17-10)19-7-5-12-11(19)9-13(22-12)15(20)16-6-8-21-2/h3-4,9H,5-8H2,1-2H3,(H,16,20). The van der Waals surface area contributed by atoms with E-state index in [-0.39, 0.29) is 5.91 Å². The van der Waals surface area contributed by atoms with Gasteiger partial charge in [0.05, 0.1) is 22.9 Å². The molecule has 0 bridgehead atoms. The summed E-state index contributed by atoms with van der Waals surface area (Å²) in [5, 5.41) is 11.2. The molecule has 1 N–H and O–H groups in total. The minimum Gasteiger partial charge on any atom is -0.383 e. The molecule has 3 rings (SSSR count). The van der Waals surface area contributed by atoms with Crippen molar-refractivity contribution in [1.29, 1.82) is 0 Å². The molecule has 2 aromatic heterocycles. The topological polar surface area (TPSA) is 67.3 Å². The van der Waals surface area contributed by atoms with E-state index in [1.54, 1.807) is 18.4 Å². The van der Waals surface area contributed by atoms with Crippen molar-refractivity contribution >= 4 is 28.7 Å². The van der Waals surface area contributed by atoms with E-state index in [0.29, 0.717) is 13.2 Å². The Morgan fingerprint density at radius 1 is 1.45 bits per heavy atom.